The monoisotopic (exact) mass is 434 g/mol. The van der Waals surface area contributed by atoms with E-state index in [1.165, 1.54) is 0 Å². The summed E-state index contributed by atoms with van der Waals surface area (Å²) in [7, 11) is 4.01. The van der Waals surface area contributed by atoms with Crippen molar-refractivity contribution in [2.75, 3.05) is 33.8 Å². The standard InChI is InChI=1S/C26H30N2O4/c1-5-15-31-19-10-8-18(9-11-19)23-22-24(29)20-16-17(2)7-12-21(20)32-25(22)26(30)28(23)14-6-13-27(3)4/h7-12,16,23H,5-6,13-15H2,1-4H3/t23-/m0/s1. The number of amides is 1. The number of hydrogen-bond donors (Lipinski definition) is 0. The molecule has 2 heterocycles. The van der Waals surface area contributed by atoms with Gasteiger partial charge in [-0.05, 0) is 70.2 Å². The lowest BCUT2D eigenvalue weighted by Gasteiger charge is -2.26. The Balaban J connectivity index is 1.80. The molecule has 3 aromatic rings. The lowest BCUT2D eigenvalue weighted by Crippen LogP contribution is -2.32. The van der Waals surface area contributed by atoms with Gasteiger partial charge in [-0.2, -0.15) is 0 Å². The summed E-state index contributed by atoms with van der Waals surface area (Å²) in [5.74, 6) is 0.711. The fourth-order valence-corrected chi connectivity index (χ4v) is 4.23. The molecule has 1 aliphatic heterocycles. The van der Waals surface area contributed by atoms with Crippen LogP contribution < -0.4 is 10.2 Å². The average molecular weight is 435 g/mol. The van der Waals surface area contributed by atoms with Gasteiger partial charge in [0.15, 0.2) is 5.43 Å². The van der Waals surface area contributed by atoms with Gasteiger partial charge in [0.25, 0.3) is 5.91 Å². The van der Waals surface area contributed by atoms with Gasteiger partial charge in [0, 0.05) is 6.54 Å². The molecule has 6 heteroatoms. The van der Waals surface area contributed by atoms with Crippen molar-refractivity contribution in [2.24, 2.45) is 0 Å². The zero-order valence-corrected chi connectivity index (χ0v) is 19.2. The predicted molar refractivity (Wildman–Crippen MR) is 125 cm³/mol. The first-order chi connectivity index (χ1) is 15.4. The fraction of sp³-hybridized carbons (Fsp3) is 0.385. The van der Waals surface area contributed by atoms with Crippen molar-refractivity contribution in [3.05, 3.63) is 75.1 Å². The van der Waals surface area contributed by atoms with Crippen LogP contribution in [0.15, 0.2) is 51.7 Å². The first kappa shape index (κ1) is 22.1. The van der Waals surface area contributed by atoms with Crippen LogP contribution >= 0.6 is 0 Å². The van der Waals surface area contributed by atoms with E-state index in [-0.39, 0.29) is 17.1 Å². The van der Waals surface area contributed by atoms with Crippen molar-refractivity contribution in [1.82, 2.24) is 9.80 Å². The van der Waals surface area contributed by atoms with E-state index in [0.29, 0.717) is 29.7 Å². The molecular formula is C26H30N2O4. The maximum atomic E-state index is 13.6. The molecule has 0 N–H and O–H groups in total. The number of nitrogens with zero attached hydrogens (tertiary/aromatic N) is 2. The summed E-state index contributed by atoms with van der Waals surface area (Å²) in [6.07, 6.45) is 1.73. The highest BCUT2D eigenvalue weighted by molar-refractivity contribution is 5.99. The first-order valence-electron chi connectivity index (χ1n) is 11.2. The van der Waals surface area contributed by atoms with Gasteiger partial charge in [-0.3, -0.25) is 9.59 Å². The van der Waals surface area contributed by atoms with Crippen LogP contribution in [0.4, 0.5) is 0 Å². The van der Waals surface area contributed by atoms with Crippen molar-refractivity contribution in [1.29, 1.82) is 0 Å². The lowest BCUT2D eigenvalue weighted by atomic mass is 9.98. The molecule has 1 amide bonds. The highest BCUT2D eigenvalue weighted by Gasteiger charge is 2.42. The number of rotatable bonds is 8. The molecule has 0 saturated heterocycles. The second-order valence-corrected chi connectivity index (χ2v) is 8.65. The molecule has 4 rings (SSSR count). The summed E-state index contributed by atoms with van der Waals surface area (Å²) >= 11 is 0. The summed E-state index contributed by atoms with van der Waals surface area (Å²) in [4.78, 5) is 30.8. The van der Waals surface area contributed by atoms with E-state index >= 15 is 0 Å². The van der Waals surface area contributed by atoms with Crippen molar-refractivity contribution in [3.63, 3.8) is 0 Å². The zero-order chi connectivity index (χ0) is 22.8. The van der Waals surface area contributed by atoms with Crippen molar-refractivity contribution >= 4 is 16.9 Å². The predicted octanol–water partition coefficient (Wildman–Crippen LogP) is 4.39. The SMILES string of the molecule is CCCOc1ccc([C@H]2c3c(oc4ccc(C)cc4c3=O)C(=O)N2CCCN(C)C)cc1. The van der Waals surface area contributed by atoms with Gasteiger partial charge in [0.05, 0.1) is 23.6 Å². The highest BCUT2D eigenvalue weighted by Crippen LogP contribution is 2.38. The minimum atomic E-state index is -0.471. The Morgan fingerprint density at radius 2 is 1.84 bits per heavy atom. The smallest absolute Gasteiger partial charge is 0.290 e. The largest absolute Gasteiger partial charge is 0.494 e. The maximum absolute atomic E-state index is 13.6. The van der Waals surface area contributed by atoms with Gasteiger partial charge in [0.2, 0.25) is 5.76 Å². The molecule has 0 unspecified atom stereocenters. The summed E-state index contributed by atoms with van der Waals surface area (Å²) in [5.41, 5.74) is 2.60. The molecule has 0 aliphatic carbocycles. The Hall–Kier alpha value is -3.12. The number of ether oxygens (including phenoxy) is 1. The van der Waals surface area contributed by atoms with E-state index in [1.807, 2.05) is 57.4 Å². The minimum absolute atomic E-state index is 0.135. The Bertz CT molecular complexity index is 1180. The first-order valence-corrected chi connectivity index (χ1v) is 11.2. The third-order valence-electron chi connectivity index (χ3n) is 5.79. The molecule has 0 radical (unpaired) electrons. The number of benzene rings is 2. The van der Waals surface area contributed by atoms with Gasteiger partial charge >= 0.3 is 0 Å². The number of carbonyl (C=O) groups excluding carboxylic acids is 1. The molecule has 0 bridgehead atoms. The Labute approximate surface area is 188 Å². The van der Waals surface area contributed by atoms with E-state index in [9.17, 15) is 9.59 Å². The van der Waals surface area contributed by atoms with Gasteiger partial charge in [-0.25, -0.2) is 0 Å². The topological polar surface area (TPSA) is 63.0 Å². The summed E-state index contributed by atoms with van der Waals surface area (Å²) in [6.45, 7) is 6.04. The van der Waals surface area contributed by atoms with Gasteiger partial charge < -0.3 is 19.0 Å². The molecule has 6 nitrogen and oxygen atoms in total. The maximum Gasteiger partial charge on any atom is 0.290 e. The molecule has 0 saturated carbocycles. The minimum Gasteiger partial charge on any atom is -0.494 e. The number of hydrogen-bond acceptors (Lipinski definition) is 5. The average Bonchev–Trinajstić information content (AvgIpc) is 3.05. The van der Waals surface area contributed by atoms with E-state index < -0.39 is 6.04 Å². The van der Waals surface area contributed by atoms with Crippen LogP contribution in [-0.4, -0.2) is 49.5 Å². The molecule has 1 aliphatic rings. The fourth-order valence-electron chi connectivity index (χ4n) is 4.23. The van der Waals surface area contributed by atoms with E-state index in [0.717, 1.165) is 36.3 Å². The van der Waals surface area contributed by atoms with Crippen molar-refractivity contribution < 1.29 is 13.9 Å². The van der Waals surface area contributed by atoms with Gasteiger partial charge in [-0.15, -0.1) is 0 Å². The molecule has 1 atom stereocenters. The third kappa shape index (κ3) is 4.15. The highest BCUT2D eigenvalue weighted by atomic mass is 16.5. The Morgan fingerprint density at radius 1 is 1.09 bits per heavy atom. The number of aryl methyl sites for hydroxylation is 1. The molecule has 1 aromatic heterocycles. The van der Waals surface area contributed by atoms with E-state index in [1.54, 1.807) is 11.0 Å². The second kappa shape index (κ2) is 9.17. The lowest BCUT2D eigenvalue weighted by molar-refractivity contribution is 0.0722. The van der Waals surface area contributed by atoms with E-state index in [2.05, 4.69) is 11.8 Å². The zero-order valence-electron chi connectivity index (χ0n) is 19.2. The number of carbonyl (C=O) groups is 1. The number of fused-ring (bicyclic) bond motifs is 2. The summed E-state index contributed by atoms with van der Waals surface area (Å²) in [5, 5.41) is 0.514. The van der Waals surface area contributed by atoms with Crippen molar-refractivity contribution in [3.8, 4) is 5.75 Å². The molecular weight excluding hydrogens is 404 g/mol. The van der Waals surface area contributed by atoms with Gasteiger partial charge in [0.1, 0.15) is 11.3 Å². The van der Waals surface area contributed by atoms with Gasteiger partial charge in [-0.1, -0.05) is 30.7 Å². The Kier molecular flexibility index (Phi) is 6.33. The van der Waals surface area contributed by atoms with Crippen molar-refractivity contribution in [2.45, 2.75) is 32.7 Å². The Morgan fingerprint density at radius 3 is 2.53 bits per heavy atom. The van der Waals surface area contributed by atoms with E-state index in [4.69, 9.17) is 9.15 Å². The van der Waals surface area contributed by atoms with Crippen LogP contribution in [0.2, 0.25) is 0 Å². The summed E-state index contributed by atoms with van der Waals surface area (Å²) in [6, 6.07) is 12.7. The normalized spacial score (nSPS) is 15.6. The summed E-state index contributed by atoms with van der Waals surface area (Å²) < 4.78 is 11.7. The van der Waals surface area contributed by atoms with Crippen LogP contribution in [0, 0.1) is 6.92 Å². The van der Waals surface area contributed by atoms with Crippen LogP contribution in [0.1, 0.15) is 53.1 Å². The van der Waals surface area contributed by atoms with Crippen LogP contribution in [0.3, 0.4) is 0 Å². The third-order valence-corrected chi connectivity index (χ3v) is 5.79. The molecule has 0 fully saturated rings. The molecule has 2 aromatic carbocycles. The molecule has 32 heavy (non-hydrogen) atoms. The molecule has 0 spiro atoms. The van der Waals surface area contributed by atoms with Crippen LogP contribution in [0.5, 0.6) is 5.75 Å². The second-order valence-electron chi connectivity index (χ2n) is 8.65. The van der Waals surface area contributed by atoms with Crippen LogP contribution in [-0.2, 0) is 0 Å². The quantitative estimate of drug-likeness (QED) is 0.526. The molecule has 168 valence electrons. The van der Waals surface area contributed by atoms with Crippen LogP contribution in [0.25, 0.3) is 11.0 Å².